The van der Waals surface area contributed by atoms with Gasteiger partial charge in [0, 0.05) is 22.3 Å². The summed E-state index contributed by atoms with van der Waals surface area (Å²) in [6, 6.07) is 15.5. The molecule has 0 spiro atoms. The van der Waals surface area contributed by atoms with Crippen LogP contribution in [0, 0.1) is 3.57 Å². The smallest absolute Gasteiger partial charge is 0.272 e. The summed E-state index contributed by atoms with van der Waals surface area (Å²) in [6.45, 7) is 6.24. The maximum atomic E-state index is 12.0. The van der Waals surface area contributed by atoms with Crippen molar-refractivity contribution in [1.29, 1.82) is 0 Å². The first kappa shape index (κ1) is 17.5. The molecule has 0 fully saturated rings. The van der Waals surface area contributed by atoms with Gasteiger partial charge in [-0.15, -0.1) is 0 Å². The van der Waals surface area contributed by atoms with Gasteiger partial charge in [-0.05, 0) is 66.3 Å². The zero-order valence-electron chi connectivity index (χ0n) is 13.3. The number of amides is 1. The Bertz CT molecular complexity index is 679. The van der Waals surface area contributed by atoms with E-state index in [1.54, 1.807) is 12.3 Å². The van der Waals surface area contributed by atoms with Crippen molar-refractivity contribution in [3.8, 4) is 0 Å². The van der Waals surface area contributed by atoms with E-state index in [9.17, 15) is 4.79 Å². The molecule has 2 aromatic rings. The van der Waals surface area contributed by atoms with Crippen molar-refractivity contribution in [2.45, 2.75) is 13.8 Å². The predicted molar refractivity (Wildman–Crippen MR) is 104 cm³/mol. The van der Waals surface area contributed by atoms with Crippen molar-refractivity contribution in [2.24, 2.45) is 5.10 Å². The Morgan fingerprint density at radius 1 is 1.13 bits per heavy atom. The number of carbonyl (C=O) groups is 1. The van der Waals surface area contributed by atoms with E-state index in [1.165, 1.54) is 5.69 Å². The lowest BCUT2D eigenvalue weighted by atomic mass is 10.2. The van der Waals surface area contributed by atoms with Gasteiger partial charge in [0.25, 0.3) is 5.91 Å². The second kappa shape index (κ2) is 8.67. The molecule has 0 saturated carbocycles. The molecular formula is C18H20IN3O. The lowest BCUT2D eigenvalue weighted by molar-refractivity contribution is 0.0954. The van der Waals surface area contributed by atoms with Crippen molar-refractivity contribution >= 4 is 40.4 Å². The summed E-state index contributed by atoms with van der Waals surface area (Å²) in [6.07, 6.45) is 1.65. The van der Waals surface area contributed by atoms with Crippen molar-refractivity contribution in [1.82, 2.24) is 5.43 Å². The largest absolute Gasteiger partial charge is 0.372 e. The third-order valence-electron chi connectivity index (χ3n) is 3.52. The van der Waals surface area contributed by atoms with Gasteiger partial charge in [0.05, 0.1) is 11.8 Å². The summed E-state index contributed by atoms with van der Waals surface area (Å²) in [7, 11) is 0. The minimum Gasteiger partial charge on any atom is -0.372 e. The number of hydrazone groups is 1. The molecule has 0 saturated heterocycles. The highest BCUT2D eigenvalue weighted by Crippen LogP contribution is 2.14. The Hall–Kier alpha value is -1.89. The SMILES string of the molecule is CCN(CC)c1ccc(C=NNC(=O)c2ccccc2I)cc1. The molecule has 0 heterocycles. The first-order valence-electron chi connectivity index (χ1n) is 7.58. The third-order valence-corrected chi connectivity index (χ3v) is 4.46. The van der Waals surface area contributed by atoms with Gasteiger partial charge in [-0.2, -0.15) is 5.10 Å². The topological polar surface area (TPSA) is 44.7 Å². The van der Waals surface area contributed by atoms with Gasteiger partial charge < -0.3 is 4.90 Å². The van der Waals surface area contributed by atoms with Crippen LogP contribution in [0.2, 0.25) is 0 Å². The van der Waals surface area contributed by atoms with Crippen LogP contribution >= 0.6 is 22.6 Å². The van der Waals surface area contributed by atoms with E-state index in [2.05, 4.69) is 64.0 Å². The fraction of sp³-hybridized carbons (Fsp3) is 0.222. The fourth-order valence-electron chi connectivity index (χ4n) is 2.23. The lowest BCUT2D eigenvalue weighted by Gasteiger charge is -2.20. The molecule has 0 aromatic heterocycles. The average molecular weight is 421 g/mol. The number of nitrogens with zero attached hydrogens (tertiary/aromatic N) is 2. The molecule has 120 valence electrons. The first-order chi connectivity index (χ1) is 11.2. The van der Waals surface area contributed by atoms with E-state index in [1.807, 2.05) is 30.3 Å². The fourth-order valence-corrected chi connectivity index (χ4v) is 2.86. The van der Waals surface area contributed by atoms with Crippen LogP contribution in [0.1, 0.15) is 29.8 Å². The summed E-state index contributed by atoms with van der Waals surface area (Å²) in [5, 5.41) is 4.03. The highest BCUT2D eigenvalue weighted by molar-refractivity contribution is 14.1. The molecule has 0 aliphatic rings. The molecular weight excluding hydrogens is 401 g/mol. The Kier molecular flexibility index (Phi) is 6.58. The molecule has 0 aliphatic carbocycles. The number of carbonyl (C=O) groups excluding carboxylic acids is 1. The zero-order chi connectivity index (χ0) is 16.7. The Balaban J connectivity index is 1.98. The molecule has 0 atom stereocenters. The normalized spacial score (nSPS) is 10.7. The van der Waals surface area contributed by atoms with Crippen molar-refractivity contribution in [2.75, 3.05) is 18.0 Å². The summed E-state index contributed by atoms with van der Waals surface area (Å²) < 4.78 is 0.904. The van der Waals surface area contributed by atoms with Crippen LogP contribution in [0.4, 0.5) is 5.69 Å². The van der Waals surface area contributed by atoms with Gasteiger partial charge in [0.15, 0.2) is 0 Å². The number of hydrogen-bond acceptors (Lipinski definition) is 3. The van der Waals surface area contributed by atoms with Crippen LogP contribution in [-0.4, -0.2) is 25.2 Å². The van der Waals surface area contributed by atoms with Crippen molar-refractivity contribution < 1.29 is 4.79 Å². The van der Waals surface area contributed by atoms with Crippen molar-refractivity contribution in [3.05, 3.63) is 63.2 Å². The highest BCUT2D eigenvalue weighted by Gasteiger charge is 2.07. The summed E-state index contributed by atoms with van der Waals surface area (Å²) in [5.74, 6) is -0.203. The third kappa shape index (κ3) is 4.79. The van der Waals surface area contributed by atoms with Crippen molar-refractivity contribution in [3.63, 3.8) is 0 Å². The van der Waals surface area contributed by atoms with Gasteiger partial charge in [0.2, 0.25) is 0 Å². The van der Waals surface area contributed by atoms with Crippen LogP contribution in [0.3, 0.4) is 0 Å². The Morgan fingerprint density at radius 3 is 2.39 bits per heavy atom. The van der Waals surface area contributed by atoms with E-state index >= 15 is 0 Å². The maximum absolute atomic E-state index is 12.0. The lowest BCUT2D eigenvalue weighted by Crippen LogP contribution is -2.21. The molecule has 0 radical (unpaired) electrons. The number of hydrogen-bond donors (Lipinski definition) is 1. The second-order valence-electron chi connectivity index (χ2n) is 4.94. The maximum Gasteiger partial charge on any atom is 0.272 e. The number of rotatable bonds is 6. The molecule has 2 aromatic carbocycles. The van der Waals surface area contributed by atoms with Crippen LogP contribution in [0.25, 0.3) is 0 Å². The van der Waals surface area contributed by atoms with Crippen LogP contribution in [0.15, 0.2) is 53.6 Å². The van der Waals surface area contributed by atoms with Crippen LogP contribution in [-0.2, 0) is 0 Å². The van der Waals surface area contributed by atoms with Gasteiger partial charge in [-0.25, -0.2) is 5.43 Å². The summed E-state index contributed by atoms with van der Waals surface area (Å²) in [4.78, 5) is 14.3. The Labute approximate surface area is 150 Å². The van der Waals surface area contributed by atoms with E-state index in [0.717, 1.165) is 22.2 Å². The monoisotopic (exact) mass is 421 g/mol. The first-order valence-corrected chi connectivity index (χ1v) is 8.66. The minimum absolute atomic E-state index is 0.203. The quantitative estimate of drug-likeness (QED) is 0.437. The molecule has 1 amide bonds. The molecule has 23 heavy (non-hydrogen) atoms. The summed E-state index contributed by atoms with van der Waals surface area (Å²) >= 11 is 2.14. The average Bonchev–Trinajstić information content (AvgIpc) is 2.57. The Morgan fingerprint density at radius 2 is 1.78 bits per heavy atom. The highest BCUT2D eigenvalue weighted by atomic mass is 127. The number of halogens is 1. The number of nitrogens with one attached hydrogen (secondary N) is 1. The molecule has 0 bridgehead atoms. The standard InChI is InChI=1S/C18H20IN3O/c1-3-22(4-2)15-11-9-14(10-12-15)13-20-21-18(23)16-7-5-6-8-17(16)19/h5-13H,3-4H2,1-2H3,(H,21,23). The van der Waals surface area contributed by atoms with E-state index in [4.69, 9.17) is 0 Å². The number of anilines is 1. The molecule has 0 aliphatic heterocycles. The van der Waals surface area contributed by atoms with Crippen LogP contribution in [0.5, 0.6) is 0 Å². The van der Waals surface area contributed by atoms with Gasteiger partial charge >= 0.3 is 0 Å². The number of benzene rings is 2. The van der Waals surface area contributed by atoms with Gasteiger partial charge in [-0.1, -0.05) is 24.3 Å². The van der Waals surface area contributed by atoms with Gasteiger partial charge in [0.1, 0.15) is 0 Å². The van der Waals surface area contributed by atoms with E-state index in [-0.39, 0.29) is 5.91 Å². The van der Waals surface area contributed by atoms with E-state index < -0.39 is 0 Å². The zero-order valence-corrected chi connectivity index (χ0v) is 15.4. The molecule has 2 rings (SSSR count). The minimum atomic E-state index is -0.203. The second-order valence-corrected chi connectivity index (χ2v) is 6.10. The summed E-state index contributed by atoms with van der Waals surface area (Å²) in [5.41, 5.74) is 5.33. The molecule has 4 nitrogen and oxygen atoms in total. The molecule has 0 unspecified atom stereocenters. The van der Waals surface area contributed by atoms with E-state index in [0.29, 0.717) is 5.56 Å². The molecule has 5 heteroatoms. The van der Waals surface area contributed by atoms with Crippen LogP contribution < -0.4 is 10.3 Å². The molecule has 1 N–H and O–H groups in total. The predicted octanol–water partition coefficient (Wildman–Crippen LogP) is 3.90. The van der Waals surface area contributed by atoms with Gasteiger partial charge in [-0.3, -0.25) is 4.79 Å².